The maximum Gasteiger partial charge on any atom is 0.142 e. The Hall–Kier alpha value is -1.36. The van der Waals surface area contributed by atoms with Crippen LogP contribution in [0.1, 0.15) is 108 Å². The Kier molecular flexibility index (Phi) is 9.23. The minimum Gasteiger partial charge on any atom is -0.206 e. The summed E-state index contributed by atoms with van der Waals surface area (Å²) in [5.41, 5.74) is 0.750. The molecule has 0 radical (unpaired) electrons. The van der Waals surface area contributed by atoms with Gasteiger partial charge in [-0.1, -0.05) is 77.1 Å². The zero-order valence-electron chi connectivity index (χ0n) is 19.1. The maximum atomic E-state index is 14.6. The highest BCUT2D eigenvalue weighted by Gasteiger charge is 2.21. The van der Waals surface area contributed by atoms with E-state index in [0.29, 0.717) is 11.8 Å². The summed E-state index contributed by atoms with van der Waals surface area (Å²) >= 11 is 0. The quantitative estimate of drug-likeness (QED) is 0.393. The summed E-state index contributed by atoms with van der Waals surface area (Å²) in [5.74, 6) is 7.75. The van der Waals surface area contributed by atoms with Crippen LogP contribution in [-0.2, 0) is 6.42 Å². The molecule has 0 aromatic heterocycles. The van der Waals surface area contributed by atoms with Crippen LogP contribution in [0.3, 0.4) is 0 Å². The SMILES string of the molecule is CCCC[C@H]1CC[C@H](CCc2cc(F)c(C#CC3CCC(CC)CC3)c(F)c2)CC1. The monoisotopic (exact) mass is 414 g/mol. The molecule has 0 spiro atoms. The van der Waals surface area contributed by atoms with E-state index in [1.165, 1.54) is 76.3 Å². The van der Waals surface area contributed by atoms with Crippen molar-refractivity contribution < 1.29 is 8.78 Å². The molecule has 0 bridgehead atoms. The predicted molar refractivity (Wildman–Crippen MR) is 122 cm³/mol. The van der Waals surface area contributed by atoms with Crippen LogP contribution >= 0.6 is 0 Å². The number of halogens is 2. The zero-order valence-corrected chi connectivity index (χ0v) is 19.1. The molecule has 0 N–H and O–H groups in total. The number of rotatable bonds is 7. The van der Waals surface area contributed by atoms with Crippen LogP contribution in [0.4, 0.5) is 8.78 Å². The Morgan fingerprint density at radius 2 is 1.37 bits per heavy atom. The summed E-state index contributed by atoms with van der Waals surface area (Å²) in [6.45, 7) is 4.50. The van der Waals surface area contributed by atoms with Crippen LogP contribution in [0.15, 0.2) is 12.1 Å². The van der Waals surface area contributed by atoms with E-state index in [-0.39, 0.29) is 5.56 Å². The molecule has 0 heterocycles. The Bertz CT molecular complexity index is 687. The second-order valence-corrected chi connectivity index (χ2v) is 9.90. The fourth-order valence-corrected chi connectivity index (χ4v) is 5.45. The molecule has 30 heavy (non-hydrogen) atoms. The second-order valence-electron chi connectivity index (χ2n) is 9.90. The molecule has 2 aliphatic rings. The molecule has 2 fully saturated rings. The van der Waals surface area contributed by atoms with E-state index in [1.54, 1.807) is 0 Å². The van der Waals surface area contributed by atoms with Crippen LogP contribution in [0.5, 0.6) is 0 Å². The molecule has 2 aliphatic carbocycles. The lowest BCUT2D eigenvalue weighted by Gasteiger charge is -2.28. The van der Waals surface area contributed by atoms with Gasteiger partial charge in [0, 0.05) is 5.92 Å². The van der Waals surface area contributed by atoms with Gasteiger partial charge in [-0.25, -0.2) is 8.78 Å². The first kappa shape index (κ1) is 23.3. The van der Waals surface area contributed by atoms with Crippen LogP contribution in [-0.4, -0.2) is 0 Å². The van der Waals surface area contributed by atoms with Gasteiger partial charge in [-0.3, -0.25) is 0 Å². The Labute approximate surface area is 183 Å². The largest absolute Gasteiger partial charge is 0.206 e. The van der Waals surface area contributed by atoms with Crippen LogP contribution < -0.4 is 0 Å². The third kappa shape index (κ3) is 6.83. The van der Waals surface area contributed by atoms with Gasteiger partial charge in [-0.05, 0) is 74.0 Å². The highest BCUT2D eigenvalue weighted by atomic mass is 19.1. The van der Waals surface area contributed by atoms with Gasteiger partial charge >= 0.3 is 0 Å². The van der Waals surface area contributed by atoms with E-state index >= 15 is 0 Å². The van der Waals surface area contributed by atoms with Gasteiger partial charge in [-0.2, -0.15) is 0 Å². The molecule has 2 heteroatoms. The first-order valence-electron chi connectivity index (χ1n) is 12.6. The number of benzene rings is 1. The molecule has 1 aromatic carbocycles. The normalized spacial score (nSPS) is 26.8. The molecule has 0 nitrogen and oxygen atoms in total. The van der Waals surface area contributed by atoms with Gasteiger partial charge in [0.05, 0.1) is 5.56 Å². The highest BCUT2D eigenvalue weighted by molar-refractivity contribution is 5.39. The van der Waals surface area contributed by atoms with E-state index in [1.807, 2.05) is 0 Å². The summed E-state index contributed by atoms with van der Waals surface area (Å²) in [6, 6.07) is 3.04. The van der Waals surface area contributed by atoms with Gasteiger partial charge in [0.25, 0.3) is 0 Å². The molecular weight excluding hydrogens is 374 g/mol. The third-order valence-corrected chi connectivity index (χ3v) is 7.70. The van der Waals surface area contributed by atoms with Gasteiger partial charge in [0.2, 0.25) is 0 Å². The summed E-state index contributed by atoms with van der Waals surface area (Å²) in [7, 11) is 0. The van der Waals surface area contributed by atoms with Gasteiger partial charge in [0.15, 0.2) is 0 Å². The van der Waals surface area contributed by atoms with E-state index < -0.39 is 11.6 Å². The van der Waals surface area contributed by atoms with Gasteiger partial charge in [0.1, 0.15) is 11.6 Å². The number of unbranched alkanes of at least 4 members (excludes halogenated alkanes) is 1. The van der Waals surface area contributed by atoms with Crippen molar-refractivity contribution in [2.45, 2.75) is 104 Å². The van der Waals surface area contributed by atoms with Crippen molar-refractivity contribution in [3.05, 3.63) is 34.9 Å². The average Bonchev–Trinajstić information content (AvgIpc) is 2.77. The van der Waals surface area contributed by atoms with Crippen LogP contribution in [0.25, 0.3) is 0 Å². The summed E-state index contributed by atoms with van der Waals surface area (Å²) in [6.07, 6.45) is 16.8. The lowest BCUT2D eigenvalue weighted by molar-refractivity contribution is 0.250. The van der Waals surface area contributed by atoms with Crippen molar-refractivity contribution in [2.75, 3.05) is 0 Å². The molecule has 0 unspecified atom stereocenters. The van der Waals surface area contributed by atoms with E-state index in [2.05, 4.69) is 25.7 Å². The fraction of sp³-hybridized carbons (Fsp3) is 0.714. The Morgan fingerprint density at radius 3 is 1.93 bits per heavy atom. The first-order chi connectivity index (χ1) is 14.6. The predicted octanol–water partition coefficient (Wildman–Crippen LogP) is 8.46. The van der Waals surface area contributed by atoms with Gasteiger partial charge in [-0.15, -0.1) is 0 Å². The summed E-state index contributed by atoms with van der Waals surface area (Å²) in [4.78, 5) is 0. The van der Waals surface area contributed by atoms with Crippen molar-refractivity contribution in [1.82, 2.24) is 0 Å². The van der Waals surface area contributed by atoms with Crippen molar-refractivity contribution in [3.63, 3.8) is 0 Å². The molecule has 0 atom stereocenters. The maximum absolute atomic E-state index is 14.6. The fourth-order valence-electron chi connectivity index (χ4n) is 5.45. The Morgan fingerprint density at radius 1 is 0.800 bits per heavy atom. The molecular formula is C28H40F2. The lowest BCUT2D eigenvalue weighted by Crippen LogP contribution is -2.15. The molecule has 166 valence electrons. The minimum atomic E-state index is -0.483. The molecule has 0 amide bonds. The summed E-state index contributed by atoms with van der Waals surface area (Å²) in [5, 5.41) is 0. The van der Waals surface area contributed by atoms with Gasteiger partial charge < -0.3 is 0 Å². The molecule has 1 aromatic rings. The highest BCUT2D eigenvalue weighted by Crippen LogP contribution is 2.34. The Balaban J connectivity index is 1.50. The molecule has 0 saturated heterocycles. The van der Waals surface area contributed by atoms with Crippen molar-refractivity contribution in [1.29, 1.82) is 0 Å². The lowest BCUT2D eigenvalue weighted by atomic mass is 9.78. The van der Waals surface area contributed by atoms with E-state index in [9.17, 15) is 8.78 Å². The number of hydrogen-bond donors (Lipinski definition) is 0. The molecule has 0 aliphatic heterocycles. The number of hydrogen-bond acceptors (Lipinski definition) is 0. The van der Waals surface area contributed by atoms with Crippen LogP contribution in [0.2, 0.25) is 0 Å². The van der Waals surface area contributed by atoms with Crippen LogP contribution in [0, 0.1) is 47.1 Å². The third-order valence-electron chi connectivity index (χ3n) is 7.70. The minimum absolute atomic E-state index is 0.0344. The topological polar surface area (TPSA) is 0 Å². The van der Waals surface area contributed by atoms with E-state index in [4.69, 9.17) is 0 Å². The van der Waals surface area contributed by atoms with Crippen molar-refractivity contribution >= 4 is 0 Å². The van der Waals surface area contributed by atoms with Crippen molar-refractivity contribution in [3.8, 4) is 11.8 Å². The van der Waals surface area contributed by atoms with E-state index in [0.717, 1.165) is 43.1 Å². The average molecular weight is 415 g/mol. The smallest absolute Gasteiger partial charge is 0.142 e. The molecule has 3 rings (SSSR count). The van der Waals surface area contributed by atoms with Crippen molar-refractivity contribution in [2.24, 2.45) is 23.7 Å². The number of aryl methyl sites for hydroxylation is 1. The zero-order chi connectivity index (χ0) is 21.3. The summed E-state index contributed by atoms with van der Waals surface area (Å²) < 4.78 is 29.1. The standard InChI is InChI=1S/C28H40F2/c1-3-5-6-22-11-13-23(14-12-22)15-16-25-19-27(29)26(28(30)20-25)18-17-24-9-7-21(4-2)8-10-24/h19-24H,3-16H2,1-2H3/t21?,22-,23-,24?. The first-order valence-corrected chi connectivity index (χ1v) is 12.6. The molecule has 2 saturated carbocycles. The second kappa shape index (κ2) is 11.9.